The zero-order valence-electron chi connectivity index (χ0n) is 11.3. The van der Waals surface area contributed by atoms with Crippen molar-refractivity contribution in [3.63, 3.8) is 0 Å². The highest BCUT2D eigenvalue weighted by Gasteiger charge is 2.10. The molecule has 1 aromatic heterocycles. The lowest BCUT2D eigenvalue weighted by Gasteiger charge is -2.08. The molecule has 1 aromatic carbocycles. The molecule has 102 valence electrons. The van der Waals surface area contributed by atoms with Gasteiger partial charge in [-0.15, -0.1) is 0 Å². The summed E-state index contributed by atoms with van der Waals surface area (Å²) < 4.78 is 12.6. The van der Waals surface area contributed by atoms with Crippen LogP contribution in [0.4, 0.5) is 0 Å². The first-order valence-electron chi connectivity index (χ1n) is 6.22. The summed E-state index contributed by atoms with van der Waals surface area (Å²) in [5.41, 5.74) is 7.30. The van der Waals surface area contributed by atoms with Gasteiger partial charge in [0.15, 0.2) is 0 Å². The highest BCUT2D eigenvalue weighted by Crippen LogP contribution is 2.32. The molecule has 0 bridgehead atoms. The summed E-state index contributed by atoms with van der Waals surface area (Å²) in [5.74, 6) is 1.57. The van der Waals surface area contributed by atoms with Gasteiger partial charge < -0.3 is 19.8 Å². The van der Waals surface area contributed by atoms with Gasteiger partial charge in [0, 0.05) is 18.3 Å². The number of nitrogens with zero attached hydrogens (tertiary/aromatic N) is 2. The Labute approximate surface area is 113 Å². The molecule has 2 aromatic rings. The molecule has 0 radical (unpaired) electrons. The van der Waals surface area contributed by atoms with E-state index >= 15 is 0 Å². The molecule has 0 unspecified atom stereocenters. The fourth-order valence-electron chi connectivity index (χ4n) is 1.91. The van der Waals surface area contributed by atoms with Gasteiger partial charge in [0.25, 0.3) is 0 Å². The third kappa shape index (κ3) is 3.06. The second-order valence-corrected chi connectivity index (χ2v) is 4.21. The van der Waals surface area contributed by atoms with Gasteiger partial charge >= 0.3 is 0 Å². The van der Waals surface area contributed by atoms with Crippen LogP contribution >= 0.6 is 0 Å². The number of ether oxygens (including phenoxy) is 2. The second kappa shape index (κ2) is 6.24. The topological polar surface area (TPSA) is 62.3 Å². The number of nitrogens with two attached hydrogens (primary N) is 1. The first-order valence-corrected chi connectivity index (χ1v) is 6.22. The Morgan fingerprint density at radius 1 is 1.26 bits per heavy atom. The summed E-state index contributed by atoms with van der Waals surface area (Å²) in [5, 5.41) is 0. The average Bonchev–Trinajstić information content (AvgIpc) is 2.93. The van der Waals surface area contributed by atoms with Crippen LogP contribution in [-0.2, 0) is 6.54 Å². The Morgan fingerprint density at radius 2 is 2.11 bits per heavy atom. The molecular weight excluding hydrogens is 242 g/mol. The lowest BCUT2D eigenvalue weighted by molar-refractivity contribution is 0.404. The van der Waals surface area contributed by atoms with E-state index < -0.39 is 0 Å². The predicted octanol–water partition coefficient (Wildman–Crippen LogP) is 1.92. The van der Waals surface area contributed by atoms with Gasteiger partial charge in [-0.25, -0.2) is 4.98 Å². The van der Waals surface area contributed by atoms with E-state index in [9.17, 15) is 0 Å². The SMILES string of the molecule is COc1ccc(OC)c(-c2cn(CCCN)cn2)c1. The second-order valence-electron chi connectivity index (χ2n) is 4.21. The molecule has 0 aliphatic heterocycles. The normalized spacial score (nSPS) is 10.5. The molecule has 0 amide bonds. The van der Waals surface area contributed by atoms with Crippen molar-refractivity contribution in [2.75, 3.05) is 20.8 Å². The van der Waals surface area contributed by atoms with Crippen LogP contribution in [0.3, 0.4) is 0 Å². The van der Waals surface area contributed by atoms with Crippen LogP contribution in [0.15, 0.2) is 30.7 Å². The maximum absolute atomic E-state index is 5.51. The van der Waals surface area contributed by atoms with E-state index in [1.807, 2.05) is 35.3 Å². The van der Waals surface area contributed by atoms with Gasteiger partial charge in [0.1, 0.15) is 11.5 Å². The van der Waals surface area contributed by atoms with E-state index in [4.69, 9.17) is 15.2 Å². The molecule has 0 saturated carbocycles. The Balaban J connectivity index is 2.31. The van der Waals surface area contributed by atoms with Gasteiger partial charge in [0.05, 0.1) is 26.2 Å². The fourth-order valence-corrected chi connectivity index (χ4v) is 1.91. The minimum absolute atomic E-state index is 0.677. The van der Waals surface area contributed by atoms with Crippen LogP contribution < -0.4 is 15.2 Å². The van der Waals surface area contributed by atoms with E-state index in [1.54, 1.807) is 14.2 Å². The van der Waals surface area contributed by atoms with Crippen molar-refractivity contribution in [2.45, 2.75) is 13.0 Å². The summed E-state index contributed by atoms with van der Waals surface area (Å²) in [7, 11) is 3.29. The van der Waals surface area contributed by atoms with Crippen LogP contribution in [0.5, 0.6) is 11.5 Å². The average molecular weight is 261 g/mol. The minimum Gasteiger partial charge on any atom is -0.497 e. The molecule has 19 heavy (non-hydrogen) atoms. The molecule has 0 atom stereocenters. The lowest BCUT2D eigenvalue weighted by atomic mass is 10.1. The molecule has 0 aliphatic carbocycles. The van der Waals surface area contributed by atoms with Gasteiger partial charge in [-0.3, -0.25) is 0 Å². The van der Waals surface area contributed by atoms with E-state index in [1.165, 1.54) is 0 Å². The lowest BCUT2D eigenvalue weighted by Crippen LogP contribution is -2.03. The van der Waals surface area contributed by atoms with Crippen molar-refractivity contribution in [3.05, 3.63) is 30.7 Å². The zero-order valence-corrected chi connectivity index (χ0v) is 11.3. The van der Waals surface area contributed by atoms with Crippen LogP contribution in [-0.4, -0.2) is 30.3 Å². The molecule has 0 fully saturated rings. The zero-order chi connectivity index (χ0) is 13.7. The van der Waals surface area contributed by atoms with Crippen LogP contribution in [0.1, 0.15) is 6.42 Å². The third-order valence-corrected chi connectivity index (χ3v) is 2.94. The van der Waals surface area contributed by atoms with Crippen LogP contribution in [0, 0.1) is 0 Å². The number of rotatable bonds is 6. The van der Waals surface area contributed by atoms with Crippen molar-refractivity contribution < 1.29 is 9.47 Å². The highest BCUT2D eigenvalue weighted by molar-refractivity contribution is 5.68. The Morgan fingerprint density at radius 3 is 2.79 bits per heavy atom. The van der Waals surface area contributed by atoms with Crippen molar-refractivity contribution in [1.29, 1.82) is 0 Å². The quantitative estimate of drug-likeness (QED) is 0.863. The smallest absolute Gasteiger partial charge is 0.128 e. The molecule has 0 aliphatic rings. The Kier molecular flexibility index (Phi) is 4.41. The number of benzene rings is 1. The van der Waals surface area contributed by atoms with E-state index in [0.29, 0.717) is 6.54 Å². The first kappa shape index (κ1) is 13.4. The maximum atomic E-state index is 5.51. The summed E-state index contributed by atoms with van der Waals surface area (Å²) in [6, 6.07) is 5.68. The first-order chi connectivity index (χ1) is 9.28. The van der Waals surface area contributed by atoms with E-state index in [0.717, 1.165) is 35.7 Å². The maximum Gasteiger partial charge on any atom is 0.128 e. The minimum atomic E-state index is 0.677. The van der Waals surface area contributed by atoms with Gasteiger partial charge in [-0.05, 0) is 31.2 Å². The van der Waals surface area contributed by atoms with Crippen molar-refractivity contribution >= 4 is 0 Å². The number of aryl methyl sites for hydroxylation is 1. The number of imidazole rings is 1. The van der Waals surface area contributed by atoms with Crippen molar-refractivity contribution in [2.24, 2.45) is 5.73 Å². The molecule has 5 nitrogen and oxygen atoms in total. The summed E-state index contributed by atoms with van der Waals surface area (Å²) in [6.45, 7) is 1.55. The number of hydrogen-bond donors (Lipinski definition) is 1. The van der Waals surface area contributed by atoms with E-state index in [2.05, 4.69) is 4.98 Å². The Bertz CT molecular complexity index is 537. The largest absolute Gasteiger partial charge is 0.497 e. The number of methoxy groups -OCH3 is 2. The van der Waals surface area contributed by atoms with E-state index in [-0.39, 0.29) is 0 Å². The molecule has 5 heteroatoms. The molecule has 2 rings (SSSR count). The standard InChI is InChI=1S/C14H19N3O2/c1-18-11-4-5-14(19-2)12(8-11)13-9-17(10-16-13)7-3-6-15/h4-5,8-10H,3,6-7,15H2,1-2H3. The predicted molar refractivity (Wildman–Crippen MR) is 74.4 cm³/mol. The van der Waals surface area contributed by atoms with Gasteiger partial charge in [0.2, 0.25) is 0 Å². The molecule has 0 spiro atoms. The van der Waals surface area contributed by atoms with Gasteiger partial charge in [-0.2, -0.15) is 0 Å². The number of hydrogen-bond acceptors (Lipinski definition) is 4. The molecule has 0 saturated heterocycles. The summed E-state index contributed by atoms with van der Waals surface area (Å²) in [6.07, 6.45) is 4.74. The van der Waals surface area contributed by atoms with Crippen LogP contribution in [0.25, 0.3) is 11.3 Å². The monoisotopic (exact) mass is 261 g/mol. The molecule has 1 heterocycles. The van der Waals surface area contributed by atoms with Crippen molar-refractivity contribution in [3.8, 4) is 22.8 Å². The molecular formula is C14H19N3O2. The van der Waals surface area contributed by atoms with Crippen LogP contribution in [0.2, 0.25) is 0 Å². The Hall–Kier alpha value is -2.01. The van der Waals surface area contributed by atoms with Gasteiger partial charge in [-0.1, -0.05) is 0 Å². The summed E-state index contributed by atoms with van der Waals surface area (Å²) in [4.78, 5) is 4.41. The number of aromatic nitrogens is 2. The van der Waals surface area contributed by atoms with Crippen molar-refractivity contribution in [1.82, 2.24) is 9.55 Å². The third-order valence-electron chi connectivity index (χ3n) is 2.94. The molecule has 2 N–H and O–H groups in total. The highest BCUT2D eigenvalue weighted by atomic mass is 16.5. The summed E-state index contributed by atoms with van der Waals surface area (Å²) >= 11 is 0. The fraction of sp³-hybridized carbons (Fsp3) is 0.357.